The number of hydrogen-bond donors (Lipinski definition) is 2. The van der Waals surface area contributed by atoms with Gasteiger partial charge in [-0.25, -0.2) is 9.59 Å². The molecule has 1 aliphatic heterocycles. The van der Waals surface area contributed by atoms with E-state index in [1.165, 1.54) is 5.56 Å². The minimum Gasteiger partial charge on any atom is -0.497 e. The van der Waals surface area contributed by atoms with Crippen LogP contribution in [0.5, 0.6) is 5.75 Å². The second-order valence-corrected chi connectivity index (χ2v) is 6.40. The first-order chi connectivity index (χ1) is 13.9. The summed E-state index contributed by atoms with van der Waals surface area (Å²) in [5.74, 6) is -2.63. The smallest absolute Gasteiger partial charge is 0.414 e. The van der Waals surface area contributed by atoms with Crippen LogP contribution >= 0.6 is 0 Å². The minimum atomic E-state index is -1.82. The zero-order chi connectivity index (χ0) is 21.2. The summed E-state index contributed by atoms with van der Waals surface area (Å²) in [5.41, 5.74) is 2.01. The topological polar surface area (TPSA) is 107 Å². The van der Waals surface area contributed by atoms with Crippen molar-refractivity contribution in [2.75, 3.05) is 33.3 Å². The van der Waals surface area contributed by atoms with Crippen molar-refractivity contribution in [1.29, 1.82) is 0 Å². The zero-order valence-electron chi connectivity index (χ0n) is 16.2. The van der Waals surface area contributed by atoms with E-state index in [4.69, 9.17) is 24.5 Å². The Bertz CT molecular complexity index is 820. The minimum absolute atomic E-state index is 0.131. The first-order valence-electron chi connectivity index (χ1n) is 9.06. The van der Waals surface area contributed by atoms with Crippen molar-refractivity contribution in [3.63, 3.8) is 0 Å². The number of ether oxygens (including phenoxy) is 1. The summed E-state index contributed by atoms with van der Waals surface area (Å²) in [6, 6.07) is 17.7. The van der Waals surface area contributed by atoms with Crippen molar-refractivity contribution in [2.24, 2.45) is 0 Å². The highest BCUT2D eigenvalue weighted by atomic mass is 16.5. The molecule has 0 aliphatic carbocycles. The number of rotatable bonds is 4. The highest BCUT2D eigenvalue weighted by molar-refractivity contribution is 6.27. The molecule has 3 rings (SSSR count). The van der Waals surface area contributed by atoms with E-state index in [0.29, 0.717) is 0 Å². The molecule has 0 radical (unpaired) electrons. The van der Waals surface area contributed by atoms with Crippen LogP contribution < -0.4 is 4.74 Å². The lowest BCUT2D eigenvalue weighted by atomic mass is 10.1. The van der Waals surface area contributed by atoms with Gasteiger partial charge in [0.1, 0.15) is 5.75 Å². The van der Waals surface area contributed by atoms with Gasteiger partial charge in [0.05, 0.1) is 7.11 Å². The summed E-state index contributed by atoms with van der Waals surface area (Å²) in [5, 5.41) is 14.8. The van der Waals surface area contributed by atoms with Gasteiger partial charge < -0.3 is 19.8 Å². The number of benzene rings is 2. The molecule has 2 aromatic carbocycles. The zero-order valence-corrected chi connectivity index (χ0v) is 16.2. The third kappa shape index (κ3) is 6.93. The lowest BCUT2D eigenvalue weighted by molar-refractivity contribution is -0.159. The number of nitrogens with zero attached hydrogens (tertiary/aromatic N) is 2. The quantitative estimate of drug-likeness (QED) is 0.754. The summed E-state index contributed by atoms with van der Waals surface area (Å²) in [4.78, 5) is 35.0. The largest absolute Gasteiger partial charge is 0.497 e. The van der Waals surface area contributed by atoms with Crippen molar-refractivity contribution in [3.8, 4) is 5.75 Å². The molecule has 2 N–H and O–H groups in total. The Morgan fingerprint density at radius 3 is 2.07 bits per heavy atom. The second-order valence-electron chi connectivity index (χ2n) is 6.40. The Labute approximate surface area is 168 Å². The Morgan fingerprint density at radius 1 is 0.897 bits per heavy atom. The van der Waals surface area contributed by atoms with Crippen LogP contribution in [-0.4, -0.2) is 71.1 Å². The average molecular weight is 400 g/mol. The molecule has 1 aliphatic rings. The van der Waals surface area contributed by atoms with Crippen molar-refractivity contribution in [2.45, 2.75) is 6.54 Å². The number of piperazine rings is 1. The van der Waals surface area contributed by atoms with Crippen LogP contribution in [0.4, 0.5) is 0 Å². The molecular formula is C21H24N2O6. The number of methoxy groups -OCH3 is 1. The highest BCUT2D eigenvalue weighted by Gasteiger charge is 2.22. The maximum Gasteiger partial charge on any atom is 0.414 e. The summed E-state index contributed by atoms with van der Waals surface area (Å²) in [7, 11) is 1.69. The maximum atomic E-state index is 12.4. The van der Waals surface area contributed by atoms with Gasteiger partial charge in [0, 0.05) is 38.3 Å². The maximum absolute atomic E-state index is 12.4. The van der Waals surface area contributed by atoms with Gasteiger partial charge in [-0.15, -0.1) is 0 Å². The van der Waals surface area contributed by atoms with Gasteiger partial charge in [-0.1, -0.05) is 30.3 Å². The van der Waals surface area contributed by atoms with E-state index >= 15 is 0 Å². The van der Waals surface area contributed by atoms with Gasteiger partial charge >= 0.3 is 11.9 Å². The van der Waals surface area contributed by atoms with Crippen LogP contribution in [0.25, 0.3) is 0 Å². The van der Waals surface area contributed by atoms with E-state index < -0.39 is 11.9 Å². The first kappa shape index (κ1) is 21.9. The molecule has 8 nitrogen and oxygen atoms in total. The number of carbonyl (C=O) groups is 3. The molecule has 154 valence electrons. The number of carboxylic acid groups (broad SMARTS) is 2. The number of aliphatic carboxylic acids is 2. The van der Waals surface area contributed by atoms with E-state index in [1.807, 2.05) is 47.4 Å². The molecule has 0 spiro atoms. The molecule has 1 fully saturated rings. The van der Waals surface area contributed by atoms with Gasteiger partial charge in [0.15, 0.2) is 0 Å². The van der Waals surface area contributed by atoms with Crippen LogP contribution in [0.3, 0.4) is 0 Å². The van der Waals surface area contributed by atoms with E-state index in [1.54, 1.807) is 7.11 Å². The van der Waals surface area contributed by atoms with Crippen LogP contribution in [0, 0.1) is 0 Å². The third-order valence-corrected chi connectivity index (χ3v) is 4.40. The van der Waals surface area contributed by atoms with Crippen molar-refractivity contribution >= 4 is 17.8 Å². The SMILES string of the molecule is COc1cccc(CN2CCN(C(=O)c3ccccc3)CC2)c1.O=C(O)C(=O)O. The molecule has 1 saturated heterocycles. The lowest BCUT2D eigenvalue weighted by Gasteiger charge is -2.34. The normalized spacial score (nSPS) is 13.8. The molecule has 0 aromatic heterocycles. The summed E-state index contributed by atoms with van der Waals surface area (Å²) in [6.07, 6.45) is 0. The van der Waals surface area contributed by atoms with Gasteiger partial charge in [0.2, 0.25) is 0 Å². The van der Waals surface area contributed by atoms with E-state index in [9.17, 15) is 4.79 Å². The third-order valence-electron chi connectivity index (χ3n) is 4.40. The molecule has 0 unspecified atom stereocenters. The Morgan fingerprint density at radius 2 is 1.52 bits per heavy atom. The van der Waals surface area contributed by atoms with Crippen LogP contribution in [0.2, 0.25) is 0 Å². The van der Waals surface area contributed by atoms with Gasteiger partial charge in [-0.2, -0.15) is 0 Å². The lowest BCUT2D eigenvalue weighted by Crippen LogP contribution is -2.48. The summed E-state index contributed by atoms with van der Waals surface area (Å²) >= 11 is 0. The summed E-state index contributed by atoms with van der Waals surface area (Å²) < 4.78 is 5.27. The van der Waals surface area contributed by atoms with Crippen molar-refractivity contribution in [1.82, 2.24) is 9.80 Å². The van der Waals surface area contributed by atoms with E-state index in [0.717, 1.165) is 44.0 Å². The molecule has 0 saturated carbocycles. The van der Waals surface area contributed by atoms with Crippen LogP contribution in [-0.2, 0) is 16.1 Å². The molecule has 1 amide bonds. The number of carboxylic acids is 2. The fraction of sp³-hybridized carbons (Fsp3) is 0.286. The van der Waals surface area contributed by atoms with E-state index in [2.05, 4.69) is 17.0 Å². The van der Waals surface area contributed by atoms with Gasteiger partial charge in [-0.3, -0.25) is 9.69 Å². The van der Waals surface area contributed by atoms with E-state index in [-0.39, 0.29) is 5.91 Å². The Kier molecular flexibility index (Phi) is 8.17. The van der Waals surface area contributed by atoms with Crippen molar-refractivity contribution in [3.05, 3.63) is 65.7 Å². The second kappa shape index (κ2) is 10.8. The molecular weight excluding hydrogens is 376 g/mol. The van der Waals surface area contributed by atoms with Crippen LogP contribution in [0.15, 0.2) is 54.6 Å². The molecule has 0 atom stereocenters. The molecule has 2 aromatic rings. The fourth-order valence-corrected chi connectivity index (χ4v) is 2.90. The first-order valence-corrected chi connectivity index (χ1v) is 9.06. The number of amides is 1. The summed E-state index contributed by atoms with van der Waals surface area (Å²) in [6.45, 7) is 4.24. The monoisotopic (exact) mass is 400 g/mol. The number of carbonyl (C=O) groups excluding carboxylic acids is 1. The van der Waals surface area contributed by atoms with Gasteiger partial charge in [-0.05, 0) is 29.8 Å². The van der Waals surface area contributed by atoms with Crippen molar-refractivity contribution < 1.29 is 29.3 Å². The molecule has 1 heterocycles. The Balaban J connectivity index is 0.000000438. The molecule has 8 heteroatoms. The van der Waals surface area contributed by atoms with Gasteiger partial charge in [0.25, 0.3) is 5.91 Å². The molecule has 29 heavy (non-hydrogen) atoms. The Hall–Kier alpha value is -3.39. The molecule has 0 bridgehead atoms. The predicted molar refractivity (Wildman–Crippen MR) is 106 cm³/mol. The predicted octanol–water partition coefficient (Wildman–Crippen LogP) is 1.81. The average Bonchev–Trinajstić information content (AvgIpc) is 2.75. The standard InChI is InChI=1S/C19H22N2O2.C2H2O4/c1-23-18-9-5-6-16(14-18)15-20-10-12-21(13-11-20)19(22)17-7-3-2-4-8-17;3-1(4)2(5)6/h2-9,14H,10-13,15H2,1H3;(H,3,4)(H,5,6). The van der Waals surface area contributed by atoms with Crippen LogP contribution in [0.1, 0.15) is 15.9 Å². The number of hydrogen-bond acceptors (Lipinski definition) is 5. The fourth-order valence-electron chi connectivity index (χ4n) is 2.90. The highest BCUT2D eigenvalue weighted by Crippen LogP contribution is 2.16.